The zero-order chi connectivity index (χ0) is 38.4. The van der Waals surface area contributed by atoms with Gasteiger partial charge in [0.15, 0.2) is 5.82 Å². The monoisotopic (exact) mass is 743 g/mol. The van der Waals surface area contributed by atoms with Crippen LogP contribution in [-0.4, -0.2) is 24.5 Å². The van der Waals surface area contributed by atoms with Crippen LogP contribution in [0.15, 0.2) is 205 Å². The third kappa shape index (κ3) is 5.74. The topological polar surface area (TPSA) is 69.6 Å². The molecule has 0 saturated heterocycles. The van der Waals surface area contributed by atoms with Crippen molar-refractivity contribution >= 4 is 32.8 Å². The molecule has 11 rings (SSSR count). The number of hydrogen-bond acceptors (Lipinski definition) is 5. The van der Waals surface area contributed by atoms with Crippen molar-refractivity contribution in [2.24, 2.45) is 0 Å². The second-order valence-electron chi connectivity index (χ2n) is 14.3. The fraction of sp³-hybridized carbons (Fsp3) is 0. The maximum atomic E-state index is 6.98. The van der Waals surface area contributed by atoms with Gasteiger partial charge in [0.1, 0.15) is 11.3 Å². The summed E-state index contributed by atoms with van der Waals surface area (Å²) < 4.78 is 9.31. The van der Waals surface area contributed by atoms with E-state index in [4.69, 9.17) is 14.4 Å². The molecule has 272 valence electrons. The van der Waals surface area contributed by atoms with E-state index in [1.165, 1.54) is 0 Å². The predicted molar refractivity (Wildman–Crippen MR) is 234 cm³/mol. The van der Waals surface area contributed by atoms with E-state index in [0.717, 1.165) is 100 Å². The Morgan fingerprint density at radius 2 is 0.948 bits per heavy atom. The molecule has 0 saturated carbocycles. The van der Waals surface area contributed by atoms with E-state index in [9.17, 15) is 0 Å². The van der Waals surface area contributed by atoms with Gasteiger partial charge in [-0.15, -0.1) is 0 Å². The van der Waals surface area contributed by atoms with E-state index in [2.05, 4.69) is 160 Å². The first-order chi connectivity index (χ1) is 28.8. The van der Waals surface area contributed by atoms with Gasteiger partial charge in [-0.2, -0.15) is 0 Å². The zero-order valence-corrected chi connectivity index (χ0v) is 31.2. The molecule has 6 aromatic carbocycles. The molecule has 0 spiro atoms. The summed E-state index contributed by atoms with van der Waals surface area (Å²) in [6.45, 7) is 0. The van der Waals surface area contributed by atoms with Crippen molar-refractivity contribution in [2.45, 2.75) is 0 Å². The number of rotatable bonds is 7. The van der Waals surface area contributed by atoms with Gasteiger partial charge < -0.3 is 8.98 Å². The summed E-state index contributed by atoms with van der Waals surface area (Å²) in [6.07, 6.45) is 7.18. The van der Waals surface area contributed by atoms with Gasteiger partial charge in [-0.25, -0.2) is 9.97 Å². The number of para-hydroxylation sites is 1. The van der Waals surface area contributed by atoms with Crippen LogP contribution >= 0.6 is 0 Å². The molecule has 5 heterocycles. The van der Waals surface area contributed by atoms with Crippen molar-refractivity contribution in [3.05, 3.63) is 201 Å². The Labute approximate surface area is 334 Å². The molecule has 0 radical (unpaired) electrons. The van der Waals surface area contributed by atoms with Crippen molar-refractivity contribution in [3.8, 4) is 73.2 Å². The van der Waals surface area contributed by atoms with Crippen LogP contribution in [-0.2, 0) is 0 Å². The lowest BCUT2D eigenvalue weighted by Gasteiger charge is -2.12. The van der Waals surface area contributed by atoms with Crippen LogP contribution in [0.4, 0.5) is 0 Å². The normalized spacial score (nSPS) is 11.4. The average molecular weight is 744 g/mol. The van der Waals surface area contributed by atoms with Crippen LogP contribution in [0, 0.1) is 0 Å². The fourth-order valence-corrected chi connectivity index (χ4v) is 8.10. The molecule has 58 heavy (non-hydrogen) atoms. The summed E-state index contributed by atoms with van der Waals surface area (Å²) in [5, 5.41) is 3.32. The highest BCUT2D eigenvalue weighted by Crippen LogP contribution is 2.46. The van der Waals surface area contributed by atoms with E-state index in [0.29, 0.717) is 5.82 Å². The minimum absolute atomic E-state index is 0.645. The third-order valence-electron chi connectivity index (χ3n) is 10.9. The highest BCUT2D eigenvalue weighted by atomic mass is 16.3. The summed E-state index contributed by atoms with van der Waals surface area (Å²) in [6, 6.07) is 61.1. The molecule has 0 unspecified atom stereocenters. The molecule has 0 bridgehead atoms. The number of pyridine rings is 2. The molecule has 11 aromatic rings. The standard InChI is InChI=1S/C52H33N5O/c1-3-9-38(10-4-1)48-43-23-24-47-49(51(43)58-50(48)39-11-5-2-6-12-39)42-13-7-8-14-46(42)57(47)41-21-19-37(20-22-41)45-33-44(55-52(56-45)40-27-31-54-32-28-40)36-17-15-34(16-18-36)35-25-29-53-30-26-35/h1-33H. The van der Waals surface area contributed by atoms with Crippen LogP contribution in [0.5, 0.6) is 0 Å². The molecule has 0 aliphatic carbocycles. The van der Waals surface area contributed by atoms with E-state index < -0.39 is 0 Å². The largest absolute Gasteiger partial charge is 0.455 e. The summed E-state index contributed by atoms with van der Waals surface area (Å²) >= 11 is 0. The van der Waals surface area contributed by atoms with Crippen LogP contribution in [0.3, 0.4) is 0 Å². The zero-order valence-electron chi connectivity index (χ0n) is 31.2. The SMILES string of the molecule is c1ccc(-c2oc3c(ccc4c3c3ccccc3n4-c3ccc(-c4cc(-c5ccc(-c6ccncc6)cc5)nc(-c5ccncc5)n4)cc3)c2-c2ccccc2)cc1. The molecule has 0 atom stereocenters. The first-order valence-electron chi connectivity index (χ1n) is 19.3. The molecule has 6 heteroatoms. The van der Waals surface area contributed by atoms with E-state index in [1.807, 2.05) is 42.7 Å². The minimum Gasteiger partial charge on any atom is -0.455 e. The molecule has 6 nitrogen and oxygen atoms in total. The van der Waals surface area contributed by atoms with Gasteiger partial charge >= 0.3 is 0 Å². The van der Waals surface area contributed by atoms with Crippen LogP contribution < -0.4 is 0 Å². The lowest BCUT2D eigenvalue weighted by atomic mass is 9.98. The Hall–Kier alpha value is -7.96. The van der Waals surface area contributed by atoms with Gasteiger partial charge in [-0.05, 0) is 77.4 Å². The van der Waals surface area contributed by atoms with Gasteiger partial charge in [0.05, 0.1) is 27.8 Å². The summed E-state index contributed by atoms with van der Waals surface area (Å²) in [7, 11) is 0. The highest BCUT2D eigenvalue weighted by Gasteiger charge is 2.23. The van der Waals surface area contributed by atoms with E-state index in [1.54, 1.807) is 12.4 Å². The summed E-state index contributed by atoms with van der Waals surface area (Å²) in [5.41, 5.74) is 14.2. The van der Waals surface area contributed by atoms with E-state index >= 15 is 0 Å². The molecule has 0 fully saturated rings. The minimum atomic E-state index is 0.645. The third-order valence-corrected chi connectivity index (χ3v) is 10.9. The summed E-state index contributed by atoms with van der Waals surface area (Å²) in [5.74, 6) is 1.52. The Bertz CT molecular complexity index is 3230. The van der Waals surface area contributed by atoms with Gasteiger partial charge in [-0.3, -0.25) is 9.97 Å². The Balaban J connectivity index is 1.04. The van der Waals surface area contributed by atoms with Gasteiger partial charge in [0.2, 0.25) is 0 Å². The number of hydrogen-bond donors (Lipinski definition) is 0. The van der Waals surface area contributed by atoms with Crippen molar-refractivity contribution in [3.63, 3.8) is 0 Å². The highest BCUT2D eigenvalue weighted by molar-refractivity contribution is 6.22. The second-order valence-corrected chi connectivity index (χ2v) is 14.3. The lowest BCUT2D eigenvalue weighted by molar-refractivity contribution is 0.636. The van der Waals surface area contributed by atoms with Gasteiger partial charge in [0, 0.05) is 69.1 Å². The van der Waals surface area contributed by atoms with Gasteiger partial charge in [0.25, 0.3) is 0 Å². The molecule has 0 aliphatic rings. The van der Waals surface area contributed by atoms with Crippen LogP contribution in [0.25, 0.3) is 106 Å². The smallest absolute Gasteiger partial charge is 0.160 e. The predicted octanol–water partition coefficient (Wildman–Crippen LogP) is 13.1. The van der Waals surface area contributed by atoms with Crippen molar-refractivity contribution in [1.82, 2.24) is 24.5 Å². The fourth-order valence-electron chi connectivity index (χ4n) is 8.10. The molecule has 0 N–H and O–H groups in total. The van der Waals surface area contributed by atoms with Crippen molar-refractivity contribution in [2.75, 3.05) is 0 Å². The molecule has 0 amide bonds. The molecule has 0 aliphatic heterocycles. The number of furan rings is 1. The maximum Gasteiger partial charge on any atom is 0.160 e. The number of fused-ring (bicyclic) bond motifs is 5. The van der Waals surface area contributed by atoms with Crippen molar-refractivity contribution in [1.29, 1.82) is 0 Å². The first kappa shape index (κ1) is 33.4. The maximum absolute atomic E-state index is 6.98. The Morgan fingerprint density at radius 1 is 0.397 bits per heavy atom. The lowest BCUT2D eigenvalue weighted by Crippen LogP contribution is -1.97. The number of aromatic nitrogens is 5. The first-order valence-corrected chi connectivity index (χ1v) is 19.3. The van der Waals surface area contributed by atoms with E-state index in [-0.39, 0.29) is 0 Å². The second kappa shape index (κ2) is 14.0. The molecular formula is C52H33N5O. The quantitative estimate of drug-likeness (QED) is 0.163. The molecule has 5 aromatic heterocycles. The number of benzene rings is 6. The average Bonchev–Trinajstić information content (AvgIpc) is 3.87. The van der Waals surface area contributed by atoms with Gasteiger partial charge in [-0.1, -0.05) is 115 Å². The van der Waals surface area contributed by atoms with Crippen LogP contribution in [0.1, 0.15) is 0 Å². The van der Waals surface area contributed by atoms with Crippen molar-refractivity contribution < 1.29 is 4.42 Å². The number of nitrogens with zero attached hydrogens (tertiary/aromatic N) is 5. The summed E-state index contributed by atoms with van der Waals surface area (Å²) in [4.78, 5) is 18.5. The molecular weight excluding hydrogens is 711 g/mol. The Kier molecular flexibility index (Phi) is 8.04. The Morgan fingerprint density at radius 3 is 1.62 bits per heavy atom. The van der Waals surface area contributed by atoms with Crippen LogP contribution in [0.2, 0.25) is 0 Å².